The topological polar surface area (TPSA) is 74.2 Å². The first-order valence-corrected chi connectivity index (χ1v) is 8.66. The number of furan rings is 1. The molecule has 0 aliphatic carbocycles. The molecule has 3 aromatic rings. The summed E-state index contributed by atoms with van der Waals surface area (Å²) in [5, 5.41) is 19.6. The Bertz CT molecular complexity index is 1110. The normalized spacial score (nSPS) is 11.3. The summed E-state index contributed by atoms with van der Waals surface area (Å²) in [6.45, 7) is 1.73. The molecule has 0 fully saturated rings. The number of aryl methyl sites for hydroxylation is 1. The molecule has 0 saturated heterocycles. The summed E-state index contributed by atoms with van der Waals surface area (Å²) < 4.78 is 5.77. The minimum absolute atomic E-state index is 0.214. The Morgan fingerprint density at radius 3 is 2.56 bits per heavy atom. The number of carbonyl (C=O) groups is 1. The third kappa shape index (κ3) is 4.06. The second kappa shape index (κ2) is 7.71. The molecule has 0 aliphatic rings. The van der Waals surface area contributed by atoms with Crippen LogP contribution < -0.4 is 0 Å². The molecule has 6 heteroatoms. The zero-order valence-corrected chi connectivity index (χ0v) is 15.7. The molecule has 27 heavy (non-hydrogen) atoms. The number of carboxylic acid groups (broad SMARTS) is 1. The van der Waals surface area contributed by atoms with Crippen molar-refractivity contribution in [2.75, 3.05) is 0 Å². The van der Waals surface area contributed by atoms with Crippen LogP contribution in [0.1, 0.15) is 27.2 Å². The van der Waals surface area contributed by atoms with Gasteiger partial charge >= 0.3 is 5.97 Å². The highest BCUT2D eigenvalue weighted by Gasteiger charge is 2.12. The predicted molar refractivity (Wildman–Crippen MR) is 106 cm³/mol. The largest absolute Gasteiger partial charge is 0.478 e. The lowest BCUT2D eigenvalue weighted by atomic mass is 10.0. The van der Waals surface area contributed by atoms with E-state index in [1.54, 1.807) is 61.5 Å². The van der Waals surface area contributed by atoms with E-state index in [4.69, 9.17) is 27.6 Å². The molecule has 3 rings (SSSR count). The summed E-state index contributed by atoms with van der Waals surface area (Å²) in [6, 6.07) is 15.5. The number of nitriles is 1. The molecular formula is C21H13Cl2NO3. The number of rotatable bonds is 4. The number of halogens is 2. The van der Waals surface area contributed by atoms with Crippen LogP contribution in [0.4, 0.5) is 0 Å². The third-order valence-corrected chi connectivity index (χ3v) is 4.56. The monoisotopic (exact) mass is 397 g/mol. The van der Waals surface area contributed by atoms with Crippen molar-refractivity contribution >= 4 is 40.8 Å². The molecule has 0 spiro atoms. The highest BCUT2D eigenvalue weighted by Crippen LogP contribution is 2.30. The van der Waals surface area contributed by atoms with Crippen LogP contribution in [0.3, 0.4) is 0 Å². The summed E-state index contributed by atoms with van der Waals surface area (Å²) in [6.07, 6.45) is 1.57. The first-order chi connectivity index (χ1) is 12.9. The molecule has 134 valence electrons. The maximum atomic E-state index is 11.3. The summed E-state index contributed by atoms with van der Waals surface area (Å²) in [5.41, 5.74) is 2.40. The lowest BCUT2D eigenvalue weighted by Gasteiger charge is -2.04. The van der Waals surface area contributed by atoms with Gasteiger partial charge in [0.1, 0.15) is 11.5 Å². The second-order valence-corrected chi connectivity index (χ2v) is 6.67. The van der Waals surface area contributed by atoms with Gasteiger partial charge in [0.15, 0.2) is 0 Å². The average molecular weight is 398 g/mol. The average Bonchev–Trinajstić information content (AvgIpc) is 3.09. The first kappa shape index (κ1) is 18.8. The van der Waals surface area contributed by atoms with Crippen molar-refractivity contribution < 1.29 is 14.3 Å². The Morgan fingerprint density at radius 1 is 1.11 bits per heavy atom. The fraction of sp³-hybridized carbons (Fsp3) is 0.0476. The van der Waals surface area contributed by atoms with Crippen molar-refractivity contribution in [3.63, 3.8) is 0 Å². The molecule has 0 amide bonds. The quantitative estimate of drug-likeness (QED) is 0.522. The van der Waals surface area contributed by atoms with Crippen molar-refractivity contribution in [2.24, 2.45) is 0 Å². The van der Waals surface area contributed by atoms with E-state index in [1.165, 1.54) is 0 Å². The molecule has 2 aromatic carbocycles. The highest BCUT2D eigenvalue weighted by atomic mass is 35.5. The molecular weight excluding hydrogens is 385 g/mol. The van der Waals surface area contributed by atoms with Gasteiger partial charge in [-0.3, -0.25) is 0 Å². The first-order valence-electron chi connectivity index (χ1n) is 7.90. The van der Waals surface area contributed by atoms with Crippen LogP contribution in [0.5, 0.6) is 0 Å². The van der Waals surface area contributed by atoms with Gasteiger partial charge in [-0.05, 0) is 48.9 Å². The Balaban J connectivity index is 1.98. The summed E-state index contributed by atoms with van der Waals surface area (Å²) in [5.74, 6) is -0.0431. The zero-order chi connectivity index (χ0) is 19.6. The van der Waals surface area contributed by atoms with Crippen LogP contribution in [0.25, 0.3) is 23.0 Å². The van der Waals surface area contributed by atoms with Gasteiger partial charge in [0.2, 0.25) is 0 Å². The van der Waals surface area contributed by atoms with Crippen LogP contribution in [0, 0.1) is 18.3 Å². The molecule has 1 heterocycles. The maximum Gasteiger partial charge on any atom is 0.335 e. The van der Waals surface area contributed by atoms with Gasteiger partial charge < -0.3 is 9.52 Å². The van der Waals surface area contributed by atoms with Crippen LogP contribution in [-0.2, 0) is 0 Å². The van der Waals surface area contributed by atoms with E-state index >= 15 is 0 Å². The van der Waals surface area contributed by atoms with Crippen molar-refractivity contribution in [3.8, 4) is 17.4 Å². The van der Waals surface area contributed by atoms with Crippen LogP contribution >= 0.6 is 23.2 Å². The minimum Gasteiger partial charge on any atom is -0.478 e. The van der Waals surface area contributed by atoms with E-state index in [0.29, 0.717) is 43.8 Å². The van der Waals surface area contributed by atoms with Gasteiger partial charge in [-0.1, -0.05) is 41.4 Å². The SMILES string of the molecule is Cc1ccc(-c2ccc(/C=C(/C#N)c3ccc(Cl)cc3Cl)o2)cc1C(=O)O. The molecule has 0 bridgehead atoms. The van der Waals surface area contributed by atoms with Gasteiger partial charge in [0.25, 0.3) is 0 Å². The maximum absolute atomic E-state index is 11.3. The number of nitrogens with zero attached hydrogens (tertiary/aromatic N) is 1. The van der Waals surface area contributed by atoms with Crippen molar-refractivity contribution in [1.29, 1.82) is 5.26 Å². The van der Waals surface area contributed by atoms with Gasteiger partial charge in [-0.15, -0.1) is 0 Å². The Labute approximate surface area is 165 Å². The Hall–Kier alpha value is -3.00. The Kier molecular flexibility index (Phi) is 5.36. The highest BCUT2D eigenvalue weighted by molar-refractivity contribution is 6.36. The third-order valence-electron chi connectivity index (χ3n) is 4.01. The van der Waals surface area contributed by atoms with Crippen molar-refractivity contribution in [1.82, 2.24) is 0 Å². The van der Waals surface area contributed by atoms with Crippen molar-refractivity contribution in [2.45, 2.75) is 6.92 Å². The standard InChI is InChI=1S/C21H13Cl2NO3/c1-12-2-3-13(9-18(12)21(25)26)20-7-5-16(27-20)8-14(11-24)17-6-4-15(22)10-19(17)23/h2-10H,1H3,(H,25,26)/b14-8-. The van der Waals surface area contributed by atoms with Crippen LogP contribution in [-0.4, -0.2) is 11.1 Å². The molecule has 0 aliphatic heterocycles. The fourth-order valence-corrected chi connectivity index (χ4v) is 3.12. The fourth-order valence-electron chi connectivity index (χ4n) is 2.61. The molecule has 4 nitrogen and oxygen atoms in total. The zero-order valence-electron chi connectivity index (χ0n) is 14.2. The minimum atomic E-state index is -0.995. The molecule has 0 radical (unpaired) electrons. The van der Waals surface area contributed by atoms with Crippen molar-refractivity contribution in [3.05, 3.63) is 81.0 Å². The van der Waals surface area contributed by atoms with E-state index < -0.39 is 5.97 Å². The van der Waals surface area contributed by atoms with Gasteiger partial charge in [0, 0.05) is 16.1 Å². The van der Waals surface area contributed by atoms with E-state index in [1.807, 2.05) is 0 Å². The predicted octanol–water partition coefficient (Wildman–Crippen LogP) is 6.32. The lowest BCUT2D eigenvalue weighted by molar-refractivity contribution is 0.0696. The summed E-state index contributed by atoms with van der Waals surface area (Å²) in [4.78, 5) is 11.3. The number of hydrogen-bond donors (Lipinski definition) is 1. The Morgan fingerprint density at radius 2 is 1.89 bits per heavy atom. The molecule has 1 N–H and O–H groups in total. The van der Waals surface area contributed by atoms with E-state index in [9.17, 15) is 15.2 Å². The van der Waals surface area contributed by atoms with E-state index in [-0.39, 0.29) is 5.56 Å². The molecule has 0 atom stereocenters. The van der Waals surface area contributed by atoms with E-state index in [2.05, 4.69) is 6.07 Å². The number of aromatic carboxylic acids is 1. The number of benzene rings is 2. The van der Waals surface area contributed by atoms with Crippen LogP contribution in [0.2, 0.25) is 10.0 Å². The van der Waals surface area contributed by atoms with Gasteiger partial charge in [-0.2, -0.15) is 5.26 Å². The second-order valence-electron chi connectivity index (χ2n) is 5.83. The lowest BCUT2D eigenvalue weighted by Crippen LogP contribution is -1.99. The molecule has 0 saturated carbocycles. The number of hydrogen-bond acceptors (Lipinski definition) is 3. The summed E-state index contributed by atoms with van der Waals surface area (Å²) in [7, 11) is 0. The number of carboxylic acids is 1. The smallest absolute Gasteiger partial charge is 0.335 e. The molecule has 0 unspecified atom stereocenters. The molecule has 1 aromatic heterocycles. The summed E-state index contributed by atoms with van der Waals surface area (Å²) >= 11 is 12.1. The van der Waals surface area contributed by atoms with Gasteiger partial charge in [0.05, 0.1) is 22.2 Å². The van der Waals surface area contributed by atoms with E-state index in [0.717, 1.165) is 0 Å². The van der Waals surface area contributed by atoms with Gasteiger partial charge in [-0.25, -0.2) is 4.79 Å². The van der Waals surface area contributed by atoms with Crippen LogP contribution in [0.15, 0.2) is 52.9 Å². The number of allylic oxidation sites excluding steroid dienone is 1.